The van der Waals surface area contributed by atoms with Gasteiger partial charge >= 0.3 is 0 Å². The number of benzene rings is 1. The number of hydrogen-bond acceptors (Lipinski definition) is 3. The second-order valence-corrected chi connectivity index (χ2v) is 5.33. The minimum absolute atomic E-state index is 0.0404. The van der Waals surface area contributed by atoms with Crippen LogP contribution in [0.3, 0.4) is 0 Å². The van der Waals surface area contributed by atoms with Gasteiger partial charge in [-0.3, -0.25) is 4.79 Å². The molecule has 1 unspecified atom stereocenters. The predicted octanol–water partition coefficient (Wildman–Crippen LogP) is 3.65. The van der Waals surface area contributed by atoms with E-state index in [1.165, 1.54) is 0 Å². The molecule has 1 N–H and O–H groups in total. The zero-order chi connectivity index (χ0) is 14.4. The summed E-state index contributed by atoms with van der Waals surface area (Å²) < 4.78 is 5.11. The van der Waals surface area contributed by atoms with E-state index < -0.39 is 0 Å². The van der Waals surface area contributed by atoms with E-state index in [1.807, 2.05) is 54.8 Å². The van der Waals surface area contributed by atoms with Crippen molar-refractivity contribution in [3.8, 4) is 5.75 Å². The SMILES string of the molecule is COc1ccc(C(C)NC(=O)/C=C/c2cccs2)cc1. The third-order valence-electron chi connectivity index (χ3n) is 2.92. The smallest absolute Gasteiger partial charge is 0.244 e. The van der Waals surface area contributed by atoms with Gasteiger partial charge in [0.1, 0.15) is 5.75 Å². The number of rotatable bonds is 5. The molecule has 0 radical (unpaired) electrons. The van der Waals surface area contributed by atoms with Crippen molar-refractivity contribution in [2.45, 2.75) is 13.0 Å². The van der Waals surface area contributed by atoms with Crippen molar-refractivity contribution in [3.63, 3.8) is 0 Å². The average molecular weight is 287 g/mol. The van der Waals surface area contributed by atoms with E-state index >= 15 is 0 Å². The number of thiophene rings is 1. The summed E-state index contributed by atoms with van der Waals surface area (Å²) in [6, 6.07) is 11.6. The summed E-state index contributed by atoms with van der Waals surface area (Å²) in [5.74, 6) is 0.714. The lowest BCUT2D eigenvalue weighted by atomic mass is 10.1. The van der Waals surface area contributed by atoms with Crippen molar-refractivity contribution in [2.75, 3.05) is 7.11 Å². The Labute approximate surface area is 122 Å². The van der Waals surface area contributed by atoms with Crippen molar-refractivity contribution >= 4 is 23.3 Å². The molecule has 1 amide bonds. The summed E-state index contributed by atoms with van der Waals surface area (Å²) >= 11 is 1.60. The van der Waals surface area contributed by atoms with Crippen LogP contribution in [-0.4, -0.2) is 13.0 Å². The van der Waals surface area contributed by atoms with Crippen molar-refractivity contribution < 1.29 is 9.53 Å². The quantitative estimate of drug-likeness (QED) is 0.853. The third kappa shape index (κ3) is 3.96. The van der Waals surface area contributed by atoms with E-state index in [-0.39, 0.29) is 11.9 Å². The van der Waals surface area contributed by atoms with Gasteiger partial charge in [0.15, 0.2) is 0 Å². The first-order valence-corrected chi connectivity index (χ1v) is 7.23. The number of ether oxygens (including phenoxy) is 1. The molecule has 3 nitrogen and oxygen atoms in total. The minimum Gasteiger partial charge on any atom is -0.497 e. The molecule has 1 atom stereocenters. The molecule has 0 aliphatic heterocycles. The Bertz CT molecular complexity index is 573. The van der Waals surface area contributed by atoms with Crippen molar-refractivity contribution in [3.05, 3.63) is 58.3 Å². The van der Waals surface area contributed by atoms with Crippen LogP contribution < -0.4 is 10.1 Å². The molecule has 4 heteroatoms. The summed E-state index contributed by atoms with van der Waals surface area (Å²) in [7, 11) is 1.63. The maximum absolute atomic E-state index is 11.8. The van der Waals surface area contributed by atoms with Crippen LogP contribution in [-0.2, 0) is 4.79 Å². The van der Waals surface area contributed by atoms with E-state index in [0.717, 1.165) is 16.2 Å². The van der Waals surface area contributed by atoms with Crippen LogP contribution >= 0.6 is 11.3 Å². The highest BCUT2D eigenvalue weighted by Gasteiger charge is 2.07. The maximum atomic E-state index is 11.8. The van der Waals surface area contributed by atoms with E-state index in [1.54, 1.807) is 24.5 Å². The molecule has 0 spiro atoms. The zero-order valence-electron chi connectivity index (χ0n) is 11.5. The number of carbonyl (C=O) groups is 1. The lowest BCUT2D eigenvalue weighted by molar-refractivity contribution is -0.117. The van der Waals surface area contributed by atoms with E-state index in [9.17, 15) is 4.79 Å². The fourth-order valence-electron chi connectivity index (χ4n) is 1.78. The minimum atomic E-state index is -0.0956. The van der Waals surface area contributed by atoms with Gasteiger partial charge in [0, 0.05) is 11.0 Å². The van der Waals surface area contributed by atoms with Crippen LogP contribution in [0, 0.1) is 0 Å². The van der Waals surface area contributed by atoms with E-state index in [0.29, 0.717) is 0 Å². The lowest BCUT2D eigenvalue weighted by Crippen LogP contribution is -2.24. The molecular formula is C16H17NO2S. The lowest BCUT2D eigenvalue weighted by Gasteiger charge is -2.13. The van der Waals surface area contributed by atoms with Gasteiger partial charge < -0.3 is 10.1 Å². The number of amides is 1. The van der Waals surface area contributed by atoms with Crippen molar-refractivity contribution in [2.24, 2.45) is 0 Å². The van der Waals surface area contributed by atoms with Gasteiger partial charge in [-0.15, -0.1) is 11.3 Å². The Kier molecular flexibility index (Phi) is 4.96. The summed E-state index contributed by atoms with van der Waals surface area (Å²) in [6.07, 6.45) is 3.38. The first kappa shape index (κ1) is 14.3. The van der Waals surface area contributed by atoms with Gasteiger partial charge in [0.2, 0.25) is 5.91 Å². The summed E-state index contributed by atoms with van der Waals surface area (Å²) in [6.45, 7) is 1.96. The van der Waals surface area contributed by atoms with Crippen molar-refractivity contribution in [1.29, 1.82) is 0 Å². The van der Waals surface area contributed by atoms with Crippen LogP contribution in [0.4, 0.5) is 0 Å². The molecule has 0 saturated carbocycles. The molecule has 2 aromatic rings. The molecule has 20 heavy (non-hydrogen) atoms. The van der Waals surface area contributed by atoms with Crippen LogP contribution in [0.1, 0.15) is 23.4 Å². The molecule has 0 bridgehead atoms. The number of carbonyl (C=O) groups excluding carboxylic acids is 1. The van der Waals surface area contributed by atoms with Gasteiger partial charge in [0.05, 0.1) is 13.2 Å². The van der Waals surface area contributed by atoms with Crippen molar-refractivity contribution in [1.82, 2.24) is 5.32 Å². The maximum Gasteiger partial charge on any atom is 0.244 e. The molecule has 0 aliphatic rings. The fraction of sp³-hybridized carbons (Fsp3) is 0.188. The van der Waals surface area contributed by atoms with E-state index in [4.69, 9.17) is 4.74 Å². The molecule has 0 aliphatic carbocycles. The Morgan fingerprint density at radius 1 is 1.30 bits per heavy atom. The normalized spacial score (nSPS) is 12.3. The topological polar surface area (TPSA) is 38.3 Å². The van der Waals surface area contributed by atoms with Crippen LogP contribution in [0.2, 0.25) is 0 Å². The third-order valence-corrected chi connectivity index (χ3v) is 3.75. The van der Waals surface area contributed by atoms with Gasteiger partial charge in [-0.1, -0.05) is 18.2 Å². The molecule has 2 rings (SSSR count). The standard InChI is InChI=1S/C16H17NO2S/c1-12(13-5-7-14(19-2)8-6-13)17-16(18)10-9-15-4-3-11-20-15/h3-12H,1-2H3,(H,17,18)/b10-9+. The first-order valence-electron chi connectivity index (χ1n) is 6.35. The van der Waals surface area contributed by atoms with Crippen LogP contribution in [0.15, 0.2) is 47.9 Å². The second kappa shape index (κ2) is 6.91. The molecule has 1 heterocycles. The van der Waals surface area contributed by atoms with Crippen LogP contribution in [0.25, 0.3) is 6.08 Å². The largest absolute Gasteiger partial charge is 0.497 e. The van der Waals surface area contributed by atoms with Crippen LogP contribution in [0.5, 0.6) is 5.75 Å². The molecule has 0 saturated heterocycles. The molecule has 0 fully saturated rings. The second-order valence-electron chi connectivity index (χ2n) is 4.35. The monoisotopic (exact) mass is 287 g/mol. The Balaban J connectivity index is 1.92. The number of hydrogen-bond donors (Lipinski definition) is 1. The number of methoxy groups -OCH3 is 1. The fourth-order valence-corrected chi connectivity index (χ4v) is 2.40. The zero-order valence-corrected chi connectivity index (χ0v) is 12.3. The summed E-state index contributed by atoms with van der Waals surface area (Å²) in [5.41, 5.74) is 1.05. The van der Waals surface area contributed by atoms with Gasteiger partial charge in [0.25, 0.3) is 0 Å². The highest BCUT2D eigenvalue weighted by molar-refractivity contribution is 7.10. The van der Waals surface area contributed by atoms with E-state index in [2.05, 4.69) is 5.32 Å². The number of nitrogens with one attached hydrogen (secondary N) is 1. The molecule has 1 aromatic carbocycles. The average Bonchev–Trinajstić information content (AvgIpc) is 2.98. The molecule has 104 valence electrons. The Morgan fingerprint density at radius 3 is 2.65 bits per heavy atom. The highest BCUT2D eigenvalue weighted by atomic mass is 32.1. The highest BCUT2D eigenvalue weighted by Crippen LogP contribution is 2.17. The summed E-state index contributed by atoms with van der Waals surface area (Å²) in [4.78, 5) is 12.9. The first-order chi connectivity index (χ1) is 9.69. The Hall–Kier alpha value is -2.07. The summed E-state index contributed by atoms with van der Waals surface area (Å²) in [5, 5.41) is 4.92. The van der Waals surface area contributed by atoms with Gasteiger partial charge in [-0.2, -0.15) is 0 Å². The van der Waals surface area contributed by atoms with Gasteiger partial charge in [-0.05, 0) is 42.1 Å². The predicted molar refractivity (Wildman–Crippen MR) is 82.9 cm³/mol. The molecule has 1 aromatic heterocycles. The van der Waals surface area contributed by atoms with Gasteiger partial charge in [-0.25, -0.2) is 0 Å². The Morgan fingerprint density at radius 2 is 2.05 bits per heavy atom. The molecular weight excluding hydrogens is 270 g/mol.